The van der Waals surface area contributed by atoms with Crippen LogP contribution in [0.2, 0.25) is 0 Å². The number of aliphatic hydroxyl groups is 1. The van der Waals surface area contributed by atoms with Gasteiger partial charge in [0.25, 0.3) is 5.91 Å². The number of nitrogens with one attached hydrogen (secondary N) is 1. The molecule has 2 N–H and O–H groups in total. The first-order valence-electron chi connectivity index (χ1n) is 9.80. The molecule has 2 aliphatic rings. The summed E-state index contributed by atoms with van der Waals surface area (Å²) in [4.78, 5) is 42.3. The monoisotopic (exact) mass is 418 g/mol. The fourth-order valence-corrected chi connectivity index (χ4v) is 4.02. The SMILES string of the molecule is O=C1CCC(N2Cc3c(cccc3-n3cc(-c4ccnc(CO)c4)nn3)C2=O)C(=O)N1. The van der Waals surface area contributed by atoms with Gasteiger partial charge in [0.2, 0.25) is 11.8 Å². The first kappa shape index (κ1) is 19.1. The largest absolute Gasteiger partial charge is 0.390 e. The summed E-state index contributed by atoms with van der Waals surface area (Å²) in [5.41, 5.74) is 3.83. The smallest absolute Gasteiger partial charge is 0.255 e. The average molecular weight is 418 g/mol. The minimum atomic E-state index is -0.675. The van der Waals surface area contributed by atoms with Gasteiger partial charge >= 0.3 is 0 Å². The second kappa shape index (κ2) is 7.40. The zero-order valence-electron chi connectivity index (χ0n) is 16.4. The average Bonchev–Trinajstić information content (AvgIpc) is 3.39. The quantitative estimate of drug-likeness (QED) is 0.593. The van der Waals surface area contributed by atoms with Gasteiger partial charge in [0.15, 0.2) is 0 Å². The van der Waals surface area contributed by atoms with Gasteiger partial charge < -0.3 is 10.0 Å². The number of nitrogens with zero attached hydrogens (tertiary/aromatic N) is 5. The molecule has 3 amide bonds. The molecular formula is C21H18N6O4. The number of fused-ring (bicyclic) bond motifs is 1. The van der Waals surface area contributed by atoms with E-state index in [0.717, 1.165) is 11.1 Å². The summed E-state index contributed by atoms with van der Waals surface area (Å²) >= 11 is 0. The summed E-state index contributed by atoms with van der Waals surface area (Å²) in [5, 5.41) is 20.0. The molecule has 1 unspecified atom stereocenters. The second-order valence-corrected chi connectivity index (χ2v) is 7.45. The maximum Gasteiger partial charge on any atom is 0.255 e. The third kappa shape index (κ3) is 3.26. The van der Waals surface area contributed by atoms with Crippen LogP contribution in [0.4, 0.5) is 0 Å². The normalized spacial score (nSPS) is 18.3. The number of aliphatic hydroxyl groups excluding tert-OH is 1. The molecular weight excluding hydrogens is 400 g/mol. The fourth-order valence-electron chi connectivity index (χ4n) is 4.02. The number of hydrogen-bond acceptors (Lipinski definition) is 7. The van der Waals surface area contributed by atoms with Crippen LogP contribution >= 0.6 is 0 Å². The molecule has 31 heavy (non-hydrogen) atoms. The Hall–Kier alpha value is -3.92. The molecule has 0 aliphatic carbocycles. The summed E-state index contributed by atoms with van der Waals surface area (Å²) < 4.78 is 1.59. The van der Waals surface area contributed by atoms with E-state index in [2.05, 4.69) is 20.6 Å². The third-order valence-corrected chi connectivity index (χ3v) is 5.57. The van der Waals surface area contributed by atoms with Crippen LogP contribution in [0.25, 0.3) is 16.9 Å². The lowest BCUT2D eigenvalue weighted by Crippen LogP contribution is -2.52. The van der Waals surface area contributed by atoms with Gasteiger partial charge in [-0.05, 0) is 30.7 Å². The highest BCUT2D eigenvalue weighted by Gasteiger charge is 2.40. The van der Waals surface area contributed by atoms with Crippen molar-refractivity contribution in [2.24, 2.45) is 0 Å². The topological polar surface area (TPSA) is 130 Å². The molecule has 3 aromatic rings. The highest BCUT2D eigenvalue weighted by molar-refractivity contribution is 6.05. The van der Waals surface area contributed by atoms with Crippen LogP contribution in [-0.4, -0.2) is 53.7 Å². The first-order valence-corrected chi connectivity index (χ1v) is 9.80. The van der Waals surface area contributed by atoms with Gasteiger partial charge in [-0.15, -0.1) is 5.10 Å². The number of benzene rings is 1. The van der Waals surface area contributed by atoms with E-state index in [0.29, 0.717) is 29.1 Å². The summed E-state index contributed by atoms with van der Waals surface area (Å²) in [6.45, 7) is 0.0716. The zero-order chi connectivity index (χ0) is 21.5. The van der Waals surface area contributed by atoms with Crippen molar-refractivity contribution in [2.75, 3.05) is 0 Å². The summed E-state index contributed by atoms with van der Waals surface area (Å²) in [6, 6.07) is 8.16. The zero-order valence-corrected chi connectivity index (χ0v) is 16.4. The van der Waals surface area contributed by atoms with Crippen LogP contribution < -0.4 is 5.32 Å². The van der Waals surface area contributed by atoms with E-state index in [4.69, 9.17) is 0 Å². The van der Waals surface area contributed by atoms with Crippen molar-refractivity contribution < 1.29 is 19.5 Å². The van der Waals surface area contributed by atoms with Crippen LogP contribution in [0.1, 0.15) is 34.5 Å². The molecule has 1 fully saturated rings. The van der Waals surface area contributed by atoms with Gasteiger partial charge in [-0.3, -0.25) is 24.7 Å². The number of piperidine rings is 1. The van der Waals surface area contributed by atoms with Crippen LogP contribution in [0.5, 0.6) is 0 Å². The molecule has 0 bridgehead atoms. The minimum absolute atomic E-state index is 0.174. The second-order valence-electron chi connectivity index (χ2n) is 7.45. The number of imide groups is 1. The number of pyridine rings is 1. The summed E-state index contributed by atoms with van der Waals surface area (Å²) in [6.07, 6.45) is 3.85. The highest BCUT2D eigenvalue weighted by atomic mass is 16.3. The van der Waals surface area contributed by atoms with Gasteiger partial charge in [0, 0.05) is 35.9 Å². The van der Waals surface area contributed by atoms with Gasteiger partial charge in [0.1, 0.15) is 11.7 Å². The molecule has 1 atom stereocenters. The van der Waals surface area contributed by atoms with Gasteiger partial charge in [-0.2, -0.15) is 0 Å². The Morgan fingerprint density at radius 1 is 1.19 bits per heavy atom. The highest BCUT2D eigenvalue weighted by Crippen LogP contribution is 2.31. The maximum atomic E-state index is 13.0. The van der Waals surface area contributed by atoms with Crippen molar-refractivity contribution in [3.8, 4) is 16.9 Å². The molecule has 0 saturated carbocycles. The number of hydrogen-bond donors (Lipinski definition) is 2. The van der Waals surface area contributed by atoms with Crippen LogP contribution in [0.15, 0.2) is 42.7 Å². The van der Waals surface area contributed by atoms with E-state index in [1.807, 2.05) is 6.07 Å². The molecule has 4 heterocycles. The van der Waals surface area contributed by atoms with Crippen molar-refractivity contribution in [3.05, 3.63) is 59.5 Å². The van der Waals surface area contributed by atoms with E-state index >= 15 is 0 Å². The minimum Gasteiger partial charge on any atom is -0.390 e. The first-order chi connectivity index (χ1) is 15.0. The molecule has 1 aromatic carbocycles. The Bertz CT molecular complexity index is 1220. The van der Waals surface area contributed by atoms with Crippen molar-refractivity contribution in [1.29, 1.82) is 0 Å². The van der Waals surface area contributed by atoms with Crippen LogP contribution in [0.3, 0.4) is 0 Å². The number of aromatic nitrogens is 4. The molecule has 10 heteroatoms. The maximum absolute atomic E-state index is 13.0. The molecule has 1 saturated heterocycles. The van der Waals surface area contributed by atoms with E-state index in [9.17, 15) is 19.5 Å². The van der Waals surface area contributed by atoms with Gasteiger partial charge in [0.05, 0.1) is 24.2 Å². The summed E-state index contributed by atoms with van der Waals surface area (Å²) in [5.74, 6) is -1.01. The van der Waals surface area contributed by atoms with E-state index < -0.39 is 11.9 Å². The molecule has 0 radical (unpaired) electrons. The Labute approximate surface area is 176 Å². The lowest BCUT2D eigenvalue weighted by atomic mass is 10.0. The summed E-state index contributed by atoms with van der Waals surface area (Å²) in [7, 11) is 0. The van der Waals surface area contributed by atoms with E-state index in [-0.39, 0.29) is 31.4 Å². The lowest BCUT2D eigenvalue weighted by Gasteiger charge is -2.29. The third-order valence-electron chi connectivity index (χ3n) is 5.57. The predicted molar refractivity (Wildman–Crippen MR) is 107 cm³/mol. The number of carbonyl (C=O) groups excluding carboxylic acids is 3. The van der Waals surface area contributed by atoms with Crippen molar-refractivity contribution in [3.63, 3.8) is 0 Å². The molecule has 5 rings (SSSR count). The Morgan fingerprint density at radius 3 is 2.87 bits per heavy atom. The molecule has 0 spiro atoms. The van der Waals surface area contributed by atoms with E-state index in [1.165, 1.54) is 4.90 Å². The Morgan fingerprint density at radius 2 is 2.06 bits per heavy atom. The Kier molecular flexibility index (Phi) is 4.55. The van der Waals surface area contributed by atoms with Crippen molar-refractivity contribution in [2.45, 2.75) is 32.0 Å². The standard InChI is InChI=1S/C21H18N6O4/c28-11-13-8-12(6-7-22-13)16-10-27(25-24-16)17-3-1-2-14-15(17)9-26(21(14)31)18-4-5-19(29)23-20(18)30/h1-3,6-8,10,18,28H,4-5,9,11H2,(H,23,29,30). The lowest BCUT2D eigenvalue weighted by molar-refractivity contribution is -0.136. The van der Waals surface area contributed by atoms with Gasteiger partial charge in [-0.25, -0.2) is 4.68 Å². The van der Waals surface area contributed by atoms with Crippen LogP contribution in [-0.2, 0) is 22.7 Å². The molecule has 10 nitrogen and oxygen atoms in total. The number of amides is 3. The fraction of sp³-hybridized carbons (Fsp3) is 0.238. The number of carbonyl (C=O) groups is 3. The molecule has 2 aliphatic heterocycles. The van der Waals surface area contributed by atoms with E-state index in [1.54, 1.807) is 41.3 Å². The van der Waals surface area contributed by atoms with Gasteiger partial charge in [-0.1, -0.05) is 11.3 Å². The molecule has 156 valence electrons. The molecule has 2 aromatic heterocycles. The van der Waals surface area contributed by atoms with Crippen molar-refractivity contribution in [1.82, 2.24) is 30.2 Å². The predicted octanol–water partition coefficient (Wildman–Crippen LogP) is 0.583. The number of rotatable bonds is 4. The van der Waals surface area contributed by atoms with Crippen LogP contribution in [0, 0.1) is 0 Å². The Balaban J connectivity index is 1.47. The van der Waals surface area contributed by atoms with Crippen molar-refractivity contribution >= 4 is 17.7 Å².